The van der Waals surface area contributed by atoms with Crippen LogP contribution in [0.3, 0.4) is 0 Å². The highest BCUT2D eigenvalue weighted by Crippen LogP contribution is 2.29. The van der Waals surface area contributed by atoms with Crippen LogP contribution >= 0.6 is 0 Å². The van der Waals surface area contributed by atoms with Crippen LogP contribution in [0.25, 0.3) is 0 Å². The second kappa shape index (κ2) is 8.12. The second-order valence-electron chi connectivity index (χ2n) is 7.72. The van der Waals surface area contributed by atoms with Crippen LogP contribution in [-0.2, 0) is 6.18 Å². The van der Waals surface area contributed by atoms with E-state index in [4.69, 9.17) is 4.98 Å². The third-order valence-corrected chi connectivity index (χ3v) is 5.57. The summed E-state index contributed by atoms with van der Waals surface area (Å²) in [6.45, 7) is 6.06. The van der Waals surface area contributed by atoms with E-state index < -0.39 is 11.7 Å². The number of amides is 1. The maximum atomic E-state index is 12.7. The predicted molar refractivity (Wildman–Crippen MR) is 108 cm³/mol. The molecule has 2 saturated heterocycles. The number of benzene rings is 1. The number of nitrogens with zero attached hydrogens (tertiary/aromatic N) is 5. The topological polar surface area (TPSA) is 52.6 Å². The molecule has 0 radical (unpaired) electrons. The number of hydrogen-bond acceptors (Lipinski definition) is 5. The summed E-state index contributed by atoms with van der Waals surface area (Å²) in [5.41, 5.74) is 0.416. The molecule has 30 heavy (non-hydrogen) atoms. The fourth-order valence-corrected chi connectivity index (χ4v) is 3.88. The predicted octanol–water partition coefficient (Wildman–Crippen LogP) is 3.37. The second-order valence-corrected chi connectivity index (χ2v) is 7.72. The van der Waals surface area contributed by atoms with E-state index >= 15 is 0 Å². The van der Waals surface area contributed by atoms with E-state index in [1.165, 1.54) is 25.0 Å². The quantitative estimate of drug-likeness (QED) is 0.764. The Morgan fingerprint density at radius 3 is 2.13 bits per heavy atom. The van der Waals surface area contributed by atoms with Crippen LogP contribution in [0.5, 0.6) is 0 Å². The summed E-state index contributed by atoms with van der Waals surface area (Å²) >= 11 is 0. The Kier molecular flexibility index (Phi) is 5.53. The Morgan fingerprint density at radius 1 is 0.900 bits per heavy atom. The minimum atomic E-state index is -4.41. The Balaban J connectivity index is 1.41. The highest BCUT2D eigenvalue weighted by molar-refractivity contribution is 5.94. The van der Waals surface area contributed by atoms with Crippen molar-refractivity contribution in [2.45, 2.75) is 25.9 Å². The van der Waals surface area contributed by atoms with E-state index in [0.29, 0.717) is 32.1 Å². The van der Waals surface area contributed by atoms with Crippen molar-refractivity contribution in [3.63, 3.8) is 0 Å². The fourth-order valence-electron chi connectivity index (χ4n) is 3.88. The lowest BCUT2D eigenvalue weighted by Gasteiger charge is -2.35. The fraction of sp³-hybridized carbons (Fsp3) is 0.476. The van der Waals surface area contributed by atoms with E-state index in [1.807, 2.05) is 13.0 Å². The van der Waals surface area contributed by atoms with E-state index in [1.54, 1.807) is 4.90 Å². The molecular weight excluding hydrogens is 395 g/mol. The SMILES string of the molecule is Cc1cc(N2CCCC2)nc(N2CCN(C(=O)c3ccc(C(F)(F)F)cc3)CC2)n1. The van der Waals surface area contributed by atoms with Gasteiger partial charge in [-0.1, -0.05) is 0 Å². The van der Waals surface area contributed by atoms with Crippen molar-refractivity contribution < 1.29 is 18.0 Å². The average Bonchev–Trinajstić information content (AvgIpc) is 3.27. The first-order valence-corrected chi connectivity index (χ1v) is 10.1. The minimum absolute atomic E-state index is 0.258. The average molecular weight is 419 g/mol. The summed E-state index contributed by atoms with van der Waals surface area (Å²) in [6, 6.07) is 6.38. The van der Waals surface area contributed by atoms with Crippen LogP contribution in [0, 0.1) is 6.92 Å². The summed E-state index contributed by atoms with van der Waals surface area (Å²) in [4.78, 5) is 28.0. The number of piperazine rings is 1. The third kappa shape index (κ3) is 4.34. The zero-order chi connectivity index (χ0) is 21.3. The number of aromatic nitrogens is 2. The molecule has 6 nitrogen and oxygen atoms in total. The van der Waals surface area contributed by atoms with E-state index in [9.17, 15) is 18.0 Å². The molecule has 1 aromatic heterocycles. The molecule has 0 unspecified atom stereocenters. The van der Waals surface area contributed by atoms with Gasteiger partial charge in [-0.2, -0.15) is 18.2 Å². The molecule has 0 bridgehead atoms. The highest BCUT2D eigenvalue weighted by Gasteiger charge is 2.31. The largest absolute Gasteiger partial charge is 0.416 e. The van der Waals surface area contributed by atoms with Gasteiger partial charge in [-0.05, 0) is 44.0 Å². The molecule has 1 aromatic carbocycles. The highest BCUT2D eigenvalue weighted by atomic mass is 19.4. The first kappa shape index (κ1) is 20.4. The summed E-state index contributed by atoms with van der Waals surface area (Å²) in [7, 11) is 0. The first-order valence-electron chi connectivity index (χ1n) is 10.1. The summed E-state index contributed by atoms with van der Waals surface area (Å²) in [6.07, 6.45) is -2.07. The van der Waals surface area contributed by atoms with Crippen LogP contribution in [0.15, 0.2) is 30.3 Å². The lowest BCUT2D eigenvalue weighted by Crippen LogP contribution is -2.49. The summed E-state index contributed by atoms with van der Waals surface area (Å²) < 4.78 is 38.2. The Labute approximate surface area is 173 Å². The number of halogens is 3. The van der Waals surface area contributed by atoms with Crippen molar-refractivity contribution in [3.05, 3.63) is 47.2 Å². The zero-order valence-corrected chi connectivity index (χ0v) is 16.8. The number of alkyl halides is 3. The molecule has 2 aromatic rings. The van der Waals surface area contributed by atoms with Gasteiger partial charge in [0.25, 0.3) is 5.91 Å². The molecule has 2 aliphatic heterocycles. The van der Waals surface area contributed by atoms with Gasteiger partial charge in [0, 0.05) is 56.6 Å². The maximum Gasteiger partial charge on any atom is 0.416 e. The zero-order valence-electron chi connectivity index (χ0n) is 16.8. The molecule has 0 saturated carbocycles. The Hall–Kier alpha value is -2.84. The standard InChI is InChI=1S/C21H24F3N5O/c1-15-14-18(27-8-2-3-9-27)26-20(25-15)29-12-10-28(11-13-29)19(30)16-4-6-17(7-5-16)21(22,23)24/h4-7,14H,2-3,8-13H2,1H3. The molecule has 4 rings (SSSR count). The monoisotopic (exact) mass is 419 g/mol. The Morgan fingerprint density at radius 2 is 1.53 bits per heavy atom. The van der Waals surface area contributed by atoms with E-state index in [0.717, 1.165) is 36.7 Å². The number of carbonyl (C=O) groups is 1. The van der Waals surface area contributed by atoms with Crippen LogP contribution in [0.2, 0.25) is 0 Å². The molecule has 0 atom stereocenters. The number of rotatable bonds is 3. The van der Waals surface area contributed by atoms with Gasteiger partial charge >= 0.3 is 6.18 Å². The molecule has 0 N–H and O–H groups in total. The van der Waals surface area contributed by atoms with Crippen LogP contribution in [-0.4, -0.2) is 60.0 Å². The van der Waals surface area contributed by atoms with Gasteiger partial charge in [-0.15, -0.1) is 0 Å². The van der Waals surface area contributed by atoms with Crippen molar-refractivity contribution in [2.75, 3.05) is 49.1 Å². The van der Waals surface area contributed by atoms with Gasteiger partial charge in [-0.3, -0.25) is 4.79 Å². The number of carbonyl (C=O) groups excluding carboxylic acids is 1. The van der Waals surface area contributed by atoms with Crippen molar-refractivity contribution in [1.29, 1.82) is 0 Å². The first-order chi connectivity index (χ1) is 14.3. The Bertz CT molecular complexity index is 902. The van der Waals surface area contributed by atoms with Gasteiger partial charge in [-0.25, -0.2) is 4.98 Å². The van der Waals surface area contributed by atoms with E-state index in [-0.39, 0.29) is 11.5 Å². The minimum Gasteiger partial charge on any atom is -0.356 e. The molecule has 2 fully saturated rings. The van der Waals surface area contributed by atoms with Gasteiger partial charge in [0.05, 0.1) is 5.56 Å². The smallest absolute Gasteiger partial charge is 0.356 e. The summed E-state index contributed by atoms with van der Waals surface area (Å²) in [5.74, 6) is 1.35. The van der Waals surface area contributed by atoms with Crippen LogP contribution in [0.1, 0.15) is 34.5 Å². The van der Waals surface area contributed by atoms with E-state index in [2.05, 4.69) is 14.8 Å². The molecule has 9 heteroatoms. The molecule has 0 aliphatic carbocycles. The van der Waals surface area contributed by atoms with Gasteiger partial charge in [0.2, 0.25) is 5.95 Å². The van der Waals surface area contributed by atoms with Crippen molar-refractivity contribution in [3.8, 4) is 0 Å². The van der Waals surface area contributed by atoms with Crippen molar-refractivity contribution in [2.24, 2.45) is 0 Å². The van der Waals surface area contributed by atoms with Gasteiger partial charge in [0.1, 0.15) is 5.82 Å². The lowest BCUT2D eigenvalue weighted by atomic mass is 10.1. The lowest BCUT2D eigenvalue weighted by molar-refractivity contribution is -0.137. The normalized spacial score (nSPS) is 17.5. The number of anilines is 2. The van der Waals surface area contributed by atoms with Crippen molar-refractivity contribution >= 4 is 17.7 Å². The molecule has 0 spiro atoms. The van der Waals surface area contributed by atoms with Gasteiger partial charge < -0.3 is 14.7 Å². The molecule has 3 heterocycles. The van der Waals surface area contributed by atoms with Crippen LogP contribution in [0.4, 0.5) is 24.9 Å². The van der Waals surface area contributed by atoms with Crippen LogP contribution < -0.4 is 9.80 Å². The maximum absolute atomic E-state index is 12.7. The number of aryl methyl sites for hydroxylation is 1. The molecule has 160 valence electrons. The van der Waals surface area contributed by atoms with Crippen molar-refractivity contribution in [1.82, 2.24) is 14.9 Å². The molecule has 2 aliphatic rings. The van der Waals surface area contributed by atoms with Gasteiger partial charge in [0.15, 0.2) is 0 Å². The molecule has 1 amide bonds. The molecular formula is C21H24F3N5O. The number of hydrogen-bond donors (Lipinski definition) is 0. The third-order valence-electron chi connectivity index (χ3n) is 5.57. The summed E-state index contributed by atoms with van der Waals surface area (Å²) in [5, 5.41) is 0.